The monoisotopic (exact) mass is 317 g/mol. The molecule has 2 aromatic heterocycles. The fourth-order valence-electron chi connectivity index (χ4n) is 2.50. The van der Waals surface area contributed by atoms with Gasteiger partial charge >= 0.3 is 0 Å². The molecule has 0 bridgehead atoms. The average molecular weight is 317 g/mol. The van der Waals surface area contributed by atoms with Crippen molar-refractivity contribution in [3.8, 4) is 11.3 Å². The third-order valence-corrected chi connectivity index (χ3v) is 3.59. The highest BCUT2D eigenvalue weighted by Gasteiger charge is 2.18. The van der Waals surface area contributed by atoms with E-state index in [1.165, 1.54) is 30.6 Å². The van der Waals surface area contributed by atoms with Crippen LogP contribution in [0.3, 0.4) is 0 Å². The molecule has 114 valence electrons. The molecule has 0 atom stereocenters. The standard InChI is InChI=1S/C16H7F4N3/c17-7-1-2-11-12(3-7)21-6-13(23-11)9-5-22-16-8(9)4-10(18)14(19)15(16)20/h1-6,22H. The summed E-state index contributed by atoms with van der Waals surface area (Å²) in [6, 6.07) is 4.83. The molecule has 0 unspecified atom stereocenters. The molecule has 2 heterocycles. The zero-order valence-electron chi connectivity index (χ0n) is 11.4. The first-order chi connectivity index (χ1) is 11.0. The van der Waals surface area contributed by atoms with Crippen LogP contribution in [-0.2, 0) is 0 Å². The zero-order valence-corrected chi connectivity index (χ0v) is 11.4. The van der Waals surface area contributed by atoms with Crippen LogP contribution in [0.4, 0.5) is 17.6 Å². The Morgan fingerprint density at radius 1 is 0.913 bits per heavy atom. The molecule has 4 aromatic rings. The van der Waals surface area contributed by atoms with Gasteiger partial charge in [0.2, 0.25) is 0 Å². The highest BCUT2D eigenvalue weighted by molar-refractivity contribution is 5.95. The highest BCUT2D eigenvalue weighted by atomic mass is 19.2. The molecule has 2 aromatic carbocycles. The predicted molar refractivity (Wildman–Crippen MR) is 76.7 cm³/mol. The summed E-state index contributed by atoms with van der Waals surface area (Å²) in [5.74, 6) is -4.55. The molecule has 1 N–H and O–H groups in total. The smallest absolute Gasteiger partial charge is 0.196 e. The van der Waals surface area contributed by atoms with E-state index in [0.717, 1.165) is 6.07 Å². The van der Waals surface area contributed by atoms with Crippen LogP contribution >= 0.6 is 0 Å². The normalized spacial score (nSPS) is 11.5. The lowest BCUT2D eigenvalue weighted by Crippen LogP contribution is -1.92. The van der Waals surface area contributed by atoms with Crippen molar-refractivity contribution in [1.82, 2.24) is 15.0 Å². The minimum Gasteiger partial charge on any atom is -0.358 e. The summed E-state index contributed by atoms with van der Waals surface area (Å²) in [6.45, 7) is 0. The Morgan fingerprint density at radius 2 is 1.74 bits per heavy atom. The number of hydrogen-bond acceptors (Lipinski definition) is 2. The van der Waals surface area contributed by atoms with Gasteiger partial charge in [0.1, 0.15) is 5.82 Å². The molecule has 7 heteroatoms. The molecule has 0 saturated carbocycles. The largest absolute Gasteiger partial charge is 0.358 e. The maximum Gasteiger partial charge on any atom is 0.196 e. The maximum absolute atomic E-state index is 13.8. The second-order valence-corrected chi connectivity index (χ2v) is 5.00. The maximum atomic E-state index is 13.8. The van der Waals surface area contributed by atoms with E-state index in [9.17, 15) is 17.6 Å². The van der Waals surface area contributed by atoms with Gasteiger partial charge in [-0.05, 0) is 18.2 Å². The van der Waals surface area contributed by atoms with Crippen molar-refractivity contribution in [2.75, 3.05) is 0 Å². The van der Waals surface area contributed by atoms with E-state index >= 15 is 0 Å². The lowest BCUT2D eigenvalue weighted by molar-refractivity contribution is 0.453. The first-order valence-corrected chi connectivity index (χ1v) is 6.62. The fourth-order valence-corrected chi connectivity index (χ4v) is 2.50. The summed E-state index contributed by atoms with van der Waals surface area (Å²) in [6.07, 6.45) is 2.76. The minimum absolute atomic E-state index is 0.150. The molecule has 0 saturated heterocycles. The number of rotatable bonds is 1. The second kappa shape index (κ2) is 4.77. The molecule has 0 aliphatic carbocycles. The molecule has 0 amide bonds. The van der Waals surface area contributed by atoms with E-state index < -0.39 is 23.3 Å². The van der Waals surface area contributed by atoms with E-state index in [4.69, 9.17) is 0 Å². The van der Waals surface area contributed by atoms with Gasteiger partial charge in [0.15, 0.2) is 17.5 Å². The lowest BCUT2D eigenvalue weighted by Gasteiger charge is -2.03. The Balaban J connectivity index is 1.97. The first kappa shape index (κ1) is 13.7. The zero-order chi connectivity index (χ0) is 16.1. The minimum atomic E-state index is -1.54. The van der Waals surface area contributed by atoms with Gasteiger partial charge in [0.25, 0.3) is 0 Å². The van der Waals surface area contributed by atoms with Crippen LogP contribution in [-0.4, -0.2) is 15.0 Å². The van der Waals surface area contributed by atoms with Crippen molar-refractivity contribution in [2.45, 2.75) is 0 Å². The Labute approximate surface area is 126 Å². The quantitative estimate of drug-likeness (QED) is 0.419. The third-order valence-electron chi connectivity index (χ3n) is 3.59. The Bertz CT molecular complexity index is 1070. The summed E-state index contributed by atoms with van der Waals surface area (Å²) in [5.41, 5.74) is 1.34. The van der Waals surface area contributed by atoms with E-state index in [-0.39, 0.29) is 10.9 Å². The Hall–Kier alpha value is -2.96. The van der Waals surface area contributed by atoms with Crippen LogP contribution in [0, 0.1) is 23.3 Å². The molecule has 23 heavy (non-hydrogen) atoms. The van der Waals surface area contributed by atoms with E-state index in [1.807, 2.05) is 0 Å². The van der Waals surface area contributed by atoms with Crippen LogP contribution in [0.25, 0.3) is 33.2 Å². The topological polar surface area (TPSA) is 41.6 Å². The predicted octanol–water partition coefficient (Wildman–Crippen LogP) is 4.33. The van der Waals surface area contributed by atoms with E-state index in [0.29, 0.717) is 22.3 Å². The van der Waals surface area contributed by atoms with Crippen molar-refractivity contribution in [1.29, 1.82) is 0 Å². The van der Waals surface area contributed by atoms with Crippen LogP contribution in [0.5, 0.6) is 0 Å². The summed E-state index contributed by atoms with van der Waals surface area (Å²) in [7, 11) is 0. The van der Waals surface area contributed by atoms with E-state index in [2.05, 4.69) is 15.0 Å². The van der Waals surface area contributed by atoms with Gasteiger partial charge in [-0.25, -0.2) is 22.5 Å². The van der Waals surface area contributed by atoms with Gasteiger partial charge in [0, 0.05) is 23.2 Å². The van der Waals surface area contributed by atoms with Crippen LogP contribution < -0.4 is 0 Å². The first-order valence-electron chi connectivity index (χ1n) is 6.62. The number of aromatic nitrogens is 3. The van der Waals surface area contributed by atoms with Gasteiger partial charge in [-0.3, -0.25) is 4.98 Å². The summed E-state index contributed by atoms with van der Waals surface area (Å²) in [4.78, 5) is 11.0. The summed E-state index contributed by atoms with van der Waals surface area (Å²) < 4.78 is 53.7. The average Bonchev–Trinajstić information content (AvgIpc) is 2.96. The van der Waals surface area contributed by atoms with E-state index in [1.54, 1.807) is 0 Å². The molecule has 4 rings (SSSR count). The Morgan fingerprint density at radius 3 is 2.57 bits per heavy atom. The number of nitrogens with zero attached hydrogens (tertiary/aromatic N) is 2. The van der Waals surface area contributed by atoms with Gasteiger partial charge in [-0.15, -0.1) is 0 Å². The molecular weight excluding hydrogens is 310 g/mol. The van der Waals surface area contributed by atoms with Crippen LogP contribution in [0.15, 0.2) is 36.7 Å². The van der Waals surface area contributed by atoms with Crippen molar-refractivity contribution in [3.05, 3.63) is 59.9 Å². The van der Waals surface area contributed by atoms with Crippen molar-refractivity contribution < 1.29 is 17.6 Å². The van der Waals surface area contributed by atoms with Gasteiger partial charge in [-0.1, -0.05) is 0 Å². The second-order valence-electron chi connectivity index (χ2n) is 5.00. The SMILES string of the molecule is Fc1ccc2nc(-c3c[nH]c4c(F)c(F)c(F)cc34)cnc2c1. The number of H-pyrrole nitrogens is 1. The van der Waals surface area contributed by atoms with Crippen LogP contribution in [0.2, 0.25) is 0 Å². The molecule has 0 aliphatic heterocycles. The number of benzene rings is 2. The summed E-state index contributed by atoms with van der Waals surface area (Å²) in [5, 5.41) is 0.150. The Kier molecular flexibility index (Phi) is 2.84. The molecule has 0 fully saturated rings. The van der Waals surface area contributed by atoms with Gasteiger partial charge < -0.3 is 4.98 Å². The third kappa shape index (κ3) is 2.04. The molecular formula is C16H7F4N3. The number of hydrogen-bond donors (Lipinski definition) is 1. The van der Waals surface area contributed by atoms with Crippen molar-refractivity contribution in [2.24, 2.45) is 0 Å². The number of halogens is 4. The highest BCUT2D eigenvalue weighted by Crippen LogP contribution is 2.31. The van der Waals surface area contributed by atoms with Crippen molar-refractivity contribution >= 4 is 21.9 Å². The lowest BCUT2D eigenvalue weighted by atomic mass is 10.1. The molecule has 3 nitrogen and oxygen atoms in total. The fraction of sp³-hybridized carbons (Fsp3) is 0. The van der Waals surface area contributed by atoms with Crippen molar-refractivity contribution in [3.63, 3.8) is 0 Å². The number of aromatic amines is 1. The van der Waals surface area contributed by atoms with Gasteiger partial charge in [-0.2, -0.15) is 0 Å². The molecule has 0 radical (unpaired) electrons. The van der Waals surface area contributed by atoms with Crippen LogP contribution in [0.1, 0.15) is 0 Å². The molecule has 0 aliphatic rings. The number of nitrogens with one attached hydrogen (secondary N) is 1. The summed E-state index contributed by atoms with van der Waals surface area (Å²) >= 11 is 0. The van der Waals surface area contributed by atoms with Gasteiger partial charge in [0.05, 0.1) is 28.4 Å². The molecule has 0 spiro atoms. The number of fused-ring (bicyclic) bond motifs is 2.